The number of isocyanates is 1. The second-order valence-corrected chi connectivity index (χ2v) is 11.8. The highest BCUT2D eigenvalue weighted by molar-refractivity contribution is 7.92. The number of aliphatic imine (C=N–C) groups is 1. The Morgan fingerprint density at radius 1 is 0.889 bits per heavy atom. The van der Waals surface area contributed by atoms with E-state index in [2.05, 4.69) is 9.71 Å². The highest BCUT2D eigenvalue weighted by atomic mass is 32.2. The molecule has 0 aliphatic rings. The fourth-order valence-electron chi connectivity index (χ4n) is 3.20. The number of carbonyl (C=O) groups is 1. The summed E-state index contributed by atoms with van der Waals surface area (Å²) < 4.78 is 57.6. The topological polar surface area (TPSA) is 136 Å². The van der Waals surface area contributed by atoms with Gasteiger partial charge < -0.3 is 4.74 Å². The SMILES string of the molecule is Cc1ccc(S(=O)(=O)CCCOC(=O)c2ccc(NS(=O)(=O)c3ccc(C)cc3)cc2N=C=O)cc1. The molecule has 0 unspecified atom stereocenters. The summed E-state index contributed by atoms with van der Waals surface area (Å²) in [7, 11) is -7.45. The second kappa shape index (κ2) is 11.3. The average molecular weight is 529 g/mol. The van der Waals surface area contributed by atoms with Gasteiger partial charge in [0.05, 0.1) is 39.1 Å². The number of rotatable bonds is 10. The van der Waals surface area contributed by atoms with Gasteiger partial charge in [-0.2, -0.15) is 4.99 Å². The Bertz CT molecular complexity index is 1510. The molecule has 0 bridgehead atoms. The minimum atomic E-state index is -3.92. The van der Waals surface area contributed by atoms with Crippen molar-refractivity contribution in [3.63, 3.8) is 0 Å². The van der Waals surface area contributed by atoms with Crippen molar-refractivity contribution in [3.8, 4) is 0 Å². The molecule has 3 rings (SSSR count). The average Bonchev–Trinajstić information content (AvgIpc) is 2.82. The molecule has 9 nitrogen and oxygen atoms in total. The number of benzene rings is 3. The third kappa shape index (κ3) is 6.88. The van der Waals surface area contributed by atoms with Gasteiger partial charge in [-0.25, -0.2) is 26.4 Å². The van der Waals surface area contributed by atoms with Crippen LogP contribution >= 0.6 is 0 Å². The van der Waals surface area contributed by atoms with Gasteiger partial charge in [0.25, 0.3) is 10.0 Å². The lowest BCUT2D eigenvalue weighted by Gasteiger charge is -2.11. The molecule has 1 N–H and O–H groups in total. The minimum Gasteiger partial charge on any atom is -0.462 e. The van der Waals surface area contributed by atoms with E-state index >= 15 is 0 Å². The summed E-state index contributed by atoms with van der Waals surface area (Å²) in [5, 5.41) is 0. The molecule has 0 aromatic heterocycles. The van der Waals surface area contributed by atoms with Crippen LogP contribution in [0.25, 0.3) is 0 Å². The third-order valence-corrected chi connectivity index (χ3v) is 8.35. The number of nitrogens with zero attached hydrogens (tertiary/aromatic N) is 1. The van der Waals surface area contributed by atoms with Crippen LogP contribution in [0.3, 0.4) is 0 Å². The molecule has 0 amide bonds. The summed E-state index contributed by atoms with van der Waals surface area (Å²) >= 11 is 0. The van der Waals surface area contributed by atoms with Gasteiger partial charge in [0.1, 0.15) is 0 Å². The van der Waals surface area contributed by atoms with Crippen molar-refractivity contribution in [2.24, 2.45) is 4.99 Å². The van der Waals surface area contributed by atoms with Gasteiger partial charge in [-0.3, -0.25) is 4.72 Å². The normalized spacial score (nSPS) is 11.4. The zero-order valence-electron chi connectivity index (χ0n) is 19.6. The number of hydrogen-bond acceptors (Lipinski definition) is 8. The van der Waals surface area contributed by atoms with Crippen molar-refractivity contribution >= 4 is 43.3 Å². The largest absolute Gasteiger partial charge is 0.462 e. The number of sulfonamides is 1. The van der Waals surface area contributed by atoms with Crippen LogP contribution in [0.15, 0.2) is 81.5 Å². The lowest BCUT2D eigenvalue weighted by molar-refractivity contribution is 0.0506. The summed E-state index contributed by atoms with van der Waals surface area (Å²) in [6.07, 6.45) is 1.39. The van der Waals surface area contributed by atoms with Gasteiger partial charge in [0, 0.05) is 0 Å². The van der Waals surface area contributed by atoms with Crippen LogP contribution in [0.4, 0.5) is 11.4 Å². The number of hydrogen-bond donors (Lipinski definition) is 1. The van der Waals surface area contributed by atoms with Gasteiger partial charge in [0.2, 0.25) is 6.08 Å². The number of carbonyl (C=O) groups excluding carboxylic acids is 2. The highest BCUT2D eigenvalue weighted by Crippen LogP contribution is 2.26. The Hall–Kier alpha value is -3.79. The highest BCUT2D eigenvalue weighted by Gasteiger charge is 2.19. The first-order chi connectivity index (χ1) is 17.0. The molecule has 11 heteroatoms. The zero-order chi connectivity index (χ0) is 26.3. The molecule has 0 atom stereocenters. The minimum absolute atomic E-state index is 0.0395. The maximum absolute atomic E-state index is 12.6. The number of aryl methyl sites for hydroxylation is 2. The molecule has 3 aromatic rings. The fourth-order valence-corrected chi connectivity index (χ4v) is 5.53. The summed E-state index contributed by atoms with van der Waals surface area (Å²) in [5.41, 5.74) is 1.66. The number of esters is 1. The van der Waals surface area contributed by atoms with Crippen LogP contribution < -0.4 is 4.72 Å². The van der Waals surface area contributed by atoms with Crippen LogP contribution in [0.2, 0.25) is 0 Å². The van der Waals surface area contributed by atoms with E-state index in [1.165, 1.54) is 48.5 Å². The maximum Gasteiger partial charge on any atom is 0.340 e. The van der Waals surface area contributed by atoms with Gasteiger partial charge in [-0.15, -0.1) is 0 Å². The van der Waals surface area contributed by atoms with Crippen molar-refractivity contribution in [3.05, 3.63) is 83.4 Å². The standard InChI is InChI=1S/C25H24N2O7S2/c1-18-4-9-21(10-5-18)35(30,31)15-3-14-34-25(29)23-13-8-20(16-24(23)26-17-28)27-36(32,33)22-11-6-19(2)7-12-22/h4-13,16,27H,3,14-15H2,1-2H3. The van der Waals surface area contributed by atoms with Crippen LogP contribution in [0.5, 0.6) is 0 Å². The van der Waals surface area contributed by atoms with Gasteiger partial charge in [-0.05, 0) is 62.7 Å². The van der Waals surface area contributed by atoms with Crippen molar-refractivity contribution in [1.29, 1.82) is 0 Å². The Kier molecular flexibility index (Phi) is 8.41. The van der Waals surface area contributed by atoms with Crippen LogP contribution in [-0.2, 0) is 29.4 Å². The molecule has 3 aromatic carbocycles. The summed E-state index contributed by atoms with van der Waals surface area (Å²) in [6.45, 7) is 3.49. The smallest absolute Gasteiger partial charge is 0.340 e. The van der Waals surface area contributed by atoms with Gasteiger partial charge in [-0.1, -0.05) is 35.4 Å². The van der Waals surface area contributed by atoms with E-state index in [0.29, 0.717) is 0 Å². The van der Waals surface area contributed by atoms with Gasteiger partial charge in [0.15, 0.2) is 9.84 Å². The van der Waals surface area contributed by atoms with Crippen molar-refractivity contribution in [2.45, 2.75) is 30.1 Å². The molecule has 0 spiro atoms. The second-order valence-electron chi connectivity index (χ2n) is 7.97. The zero-order valence-corrected chi connectivity index (χ0v) is 21.2. The molecule has 0 fully saturated rings. The fraction of sp³-hybridized carbons (Fsp3) is 0.200. The Morgan fingerprint density at radius 3 is 2.06 bits per heavy atom. The van der Waals surface area contributed by atoms with Crippen molar-refractivity contribution in [2.75, 3.05) is 17.1 Å². The number of sulfone groups is 1. The molecule has 0 radical (unpaired) electrons. The molecule has 0 heterocycles. The quantitative estimate of drug-likeness (QED) is 0.181. The molecule has 0 saturated heterocycles. The van der Waals surface area contributed by atoms with E-state index in [0.717, 1.165) is 11.1 Å². The predicted molar refractivity (Wildman–Crippen MR) is 134 cm³/mol. The summed E-state index contributed by atoms with van der Waals surface area (Å²) in [4.78, 5) is 27.1. The molecule has 0 saturated carbocycles. The molecule has 36 heavy (non-hydrogen) atoms. The Balaban J connectivity index is 1.66. The van der Waals surface area contributed by atoms with Crippen LogP contribution in [0.1, 0.15) is 27.9 Å². The van der Waals surface area contributed by atoms with E-state index in [4.69, 9.17) is 4.74 Å². The predicted octanol–water partition coefficient (Wildman–Crippen LogP) is 4.09. The Labute approximate surface area is 209 Å². The summed E-state index contributed by atoms with van der Waals surface area (Å²) in [5.74, 6) is -1.06. The monoisotopic (exact) mass is 528 g/mol. The first kappa shape index (κ1) is 26.8. The molecule has 0 aliphatic carbocycles. The number of anilines is 1. The van der Waals surface area contributed by atoms with Gasteiger partial charge >= 0.3 is 5.97 Å². The number of nitrogens with one attached hydrogen (secondary N) is 1. The molecule has 0 aliphatic heterocycles. The maximum atomic E-state index is 12.6. The first-order valence-electron chi connectivity index (χ1n) is 10.8. The lowest BCUT2D eigenvalue weighted by atomic mass is 10.1. The summed E-state index contributed by atoms with van der Waals surface area (Å²) in [6, 6.07) is 16.4. The number of ether oxygens (including phenoxy) is 1. The van der Waals surface area contributed by atoms with Crippen molar-refractivity contribution in [1.82, 2.24) is 0 Å². The van der Waals surface area contributed by atoms with Crippen molar-refractivity contribution < 1.29 is 31.2 Å². The van der Waals surface area contributed by atoms with Crippen LogP contribution in [-0.4, -0.2) is 41.2 Å². The lowest BCUT2D eigenvalue weighted by Crippen LogP contribution is -2.14. The third-order valence-electron chi connectivity index (χ3n) is 5.14. The van der Waals surface area contributed by atoms with E-state index in [1.54, 1.807) is 24.3 Å². The van der Waals surface area contributed by atoms with E-state index < -0.39 is 25.8 Å². The Morgan fingerprint density at radius 2 is 1.47 bits per heavy atom. The van der Waals surface area contributed by atoms with E-state index in [-0.39, 0.29) is 45.5 Å². The molecule has 188 valence electrons. The molecular weight excluding hydrogens is 504 g/mol. The van der Waals surface area contributed by atoms with E-state index in [1.807, 2.05) is 13.8 Å². The van der Waals surface area contributed by atoms with E-state index in [9.17, 15) is 26.4 Å². The molecular formula is C25H24N2O7S2. The first-order valence-corrected chi connectivity index (χ1v) is 13.9. The van der Waals surface area contributed by atoms with Crippen LogP contribution in [0, 0.1) is 13.8 Å².